The zero-order chi connectivity index (χ0) is 24.9. The number of ketones is 1. The number of para-hydroxylation sites is 1. The molecule has 4 rings (SSSR count). The summed E-state index contributed by atoms with van der Waals surface area (Å²) in [5.41, 5.74) is 1.81. The number of thiophene rings is 1. The van der Waals surface area contributed by atoms with Crippen molar-refractivity contribution in [2.24, 2.45) is 0 Å². The van der Waals surface area contributed by atoms with Crippen LogP contribution in [0.2, 0.25) is 0 Å². The number of rotatable bonds is 9. The number of carbonyl (C=O) groups is 2. The maximum absolute atomic E-state index is 13.1. The summed E-state index contributed by atoms with van der Waals surface area (Å²) >= 11 is 1.10. The van der Waals surface area contributed by atoms with Crippen molar-refractivity contribution in [3.8, 4) is 5.75 Å². The summed E-state index contributed by atoms with van der Waals surface area (Å²) in [5, 5.41) is 0.327. The molecule has 0 aliphatic rings. The Hall–Kier alpha value is -3.78. The lowest BCUT2D eigenvalue weighted by Gasteiger charge is -2.08. The van der Waals surface area contributed by atoms with Crippen molar-refractivity contribution in [2.45, 2.75) is 33.2 Å². The summed E-state index contributed by atoms with van der Waals surface area (Å²) in [5.74, 6) is 0.341. The van der Waals surface area contributed by atoms with Crippen molar-refractivity contribution in [2.75, 3.05) is 13.2 Å². The highest BCUT2D eigenvalue weighted by molar-refractivity contribution is 7.20. The highest BCUT2D eigenvalue weighted by Gasteiger charge is 2.21. The smallest absolute Gasteiger partial charge is 0.348 e. The zero-order valence-electron chi connectivity index (χ0n) is 19.8. The molecule has 0 spiro atoms. The van der Waals surface area contributed by atoms with Crippen LogP contribution < -0.4 is 10.3 Å². The SMILES string of the molecule is Cc1c(C(=O)OCCOc2ccccc2)sc2ncn(CC(=O)c3ccc(C(C)C)cc3)c(=O)c12. The quantitative estimate of drug-likeness (QED) is 0.186. The average Bonchev–Trinajstić information content (AvgIpc) is 3.21. The minimum atomic E-state index is -0.533. The molecule has 8 heteroatoms. The zero-order valence-corrected chi connectivity index (χ0v) is 20.6. The van der Waals surface area contributed by atoms with E-state index < -0.39 is 5.97 Å². The Kier molecular flexibility index (Phi) is 7.41. The van der Waals surface area contributed by atoms with Crippen molar-refractivity contribution in [1.82, 2.24) is 9.55 Å². The van der Waals surface area contributed by atoms with E-state index in [0.29, 0.717) is 37.9 Å². The van der Waals surface area contributed by atoms with Gasteiger partial charge in [-0.25, -0.2) is 9.78 Å². The first-order chi connectivity index (χ1) is 16.8. The minimum absolute atomic E-state index is 0.0726. The first kappa shape index (κ1) is 24.3. The number of nitrogens with zero attached hydrogens (tertiary/aromatic N) is 2. The van der Waals surface area contributed by atoms with Gasteiger partial charge in [-0.2, -0.15) is 0 Å². The van der Waals surface area contributed by atoms with Gasteiger partial charge in [-0.3, -0.25) is 14.2 Å². The molecule has 0 bridgehead atoms. The summed E-state index contributed by atoms with van der Waals surface area (Å²) in [6.07, 6.45) is 1.35. The molecule has 0 fully saturated rings. The van der Waals surface area contributed by atoms with Gasteiger partial charge >= 0.3 is 5.97 Å². The molecule has 0 aliphatic heterocycles. The van der Waals surface area contributed by atoms with Gasteiger partial charge in [0.2, 0.25) is 0 Å². The molecule has 2 aromatic heterocycles. The molecule has 0 atom stereocenters. The Balaban J connectivity index is 1.46. The predicted molar refractivity (Wildman–Crippen MR) is 136 cm³/mol. The van der Waals surface area contributed by atoms with Gasteiger partial charge in [0, 0.05) is 5.56 Å². The normalized spacial score (nSPS) is 11.1. The van der Waals surface area contributed by atoms with E-state index in [2.05, 4.69) is 18.8 Å². The fraction of sp³-hybridized carbons (Fsp3) is 0.259. The second-order valence-corrected chi connectivity index (χ2v) is 9.41. The number of fused-ring (bicyclic) bond motifs is 1. The molecule has 2 aromatic carbocycles. The lowest BCUT2D eigenvalue weighted by Crippen LogP contribution is -2.24. The van der Waals surface area contributed by atoms with E-state index in [4.69, 9.17) is 9.47 Å². The molecule has 7 nitrogen and oxygen atoms in total. The molecular formula is C27H26N2O5S. The molecule has 0 unspecified atom stereocenters. The van der Waals surface area contributed by atoms with E-state index in [-0.39, 0.29) is 31.1 Å². The lowest BCUT2D eigenvalue weighted by molar-refractivity contribution is 0.0455. The minimum Gasteiger partial charge on any atom is -0.490 e. The summed E-state index contributed by atoms with van der Waals surface area (Å²) < 4.78 is 12.2. The fourth-order valence-electron chi connectivity index (χ4n) is 3.64. The van der Waals surface area contributed by atoms with Crippen LogP contribution in [0.25, 0.3) is 10.2 Å². The lowest BCUT2D eigenvalue weighted by atomic mass is 10.0. The Morgan fingerprint density at radius 1 is 1.03 bits per heavy atom. The standard InChI is InChI=1S/C27H26N2O5S/c1-17(2)19-9-11-20(12-10-19)22(30)15-29-16-28-25-23(26(29)31)18(3)24(35-25)27(32)34-14-13-33-21-7-5-4-6-8-21/h4-12,16-17H,13-15H2,1-3H3. The Bertz CT molecular complexity index is 1410. The Morgan fingerprint density at radius 2 is 1.74 bits per heavy atom. The van der Waals surface area contributed by atoms with Crippen molar-refractivity contribution in [1.29, 1.82) is 0 Å². The molecule has 0 aliphatic carbocycles. The number of aromatic nitrogens is 2. The Morgan fingerprint density at radius 3 is 2.43 bits per heavy atom. The molecule has 0 saturated heterocycles. The van der Waals surface area contributed by atoms with Crippen molar-refractivity contribution < 1.29 is 19.1 Å². The second kappa shape index (κ2) is 10.7. The van der Waals surface area contributed by atoms with Gasteiger partial charge in [-0.05, 0) is 36.1 Å². The summed E-state index contributed by atoms with van der Waals surface area (Å²) in [6, 6.07) is 16.6. The first-order valence-corrected chi connectivity index (χ1v) is 12.1. The maximum atomic E-state index is 13.1. The van der Waals surface area contributed by atoms with E-state index in [1.807, 2.05) is 42.5 Å². The van der Waals surface area contributed by atoms with Crippen LogP contribution in [0.3, 0.4) is 0 Å². The van der Waals surface area contributed by atoms with Crippen LogP contribution in [0.15, 0.2) is 65.7 Å². The van der Waals surface area contributed by atoms with E-state index in [1.54, 1.807) is 19.1 Å². The third-order valence-electron chi connectivity index (χ3n) is 5.64. The number of esters is 1. The molecular weight excluding hydrogens is 464 g/mol. The predicted octanol–water partition coefficient (Wildman–Crippen LogP) is 5.01. The van der Waals surface area contributed by atoms with E-state index in [0.717, 1.165) is 16.9 Å². The van der Waals surface area contributed by atoms with Crippen LogP contribution in [0.5, 0.6) is 5.75 Å². The van der Waals surface area contributed by atoms with E-state index in [1.165, 1.54) is 10.9 Å². The van der Waals surface area contributed by atoms with Gasteiger partial charge in [0.1, 0.15) is 28.7 Å². The molecule has 35 heavy (non-hydrogen) atoms. The topological polar surface area (TPSA) is 87.5 Å². The number of hydrogen-bond acceptors (Lipinski definition) is 7. The number of Topliss-reactive ketones (excluding diaryl/α,β-unsaturated/α-hetero) is 1. The summed E-state index contributed by atoms with van der Waals surface area (Å²) in [7, 11) is 0. The average molecular weight is 491 g/mol. The maximum Gasteiger partial charge on any atom is 0.348 e. The van der Waals surface area contributed by atoms with Gasteiger partial charge in [0.05, 0.1) is 18.3 Å². The Labute approximate surface area is 207 Å². The largest absolute Gasteiger partial charge is 0.490 e. The van der Waals surface area contributed by atoms with Crippen LogP contribution >= 0.6 is 11.3 Å². The van der Waals surface area contributed by atoms with E-state index >= 15 is 0 Å². The van der Waals surface area contributed by atoms with Crippen LogP contribution in [0.4, 0.5) is 0 Å². The van der Waals surface area contributed by atoms with Crippen molar-refractivity contribution in [3.63, 3.8) is 0 Å². The molecule has 0 saturated carbocycles. The van der Waals surface area contributed by atoms with Crippen LogP contribution in [0.1, 0.15) is 50.9 Å². The first-order valence-electron chi connectivity index (χ1n) is 11.3. The molecule has 2 heterocycles. The number of aryl methyl sites for hydroxylation is 1. The fourth-order valence-corrected chi connectivity index (χ4v) is 4.68. The third kappa shape index (κ3) is 5.49. The third-order valence-corrected chi connectivity index (χ3v) is 6.82. The van der Waals surface area contributed by atoms with Gasteiger partial charge < -0.3 is 9.47 Å². The number of ether oxygens (including phenoxy) is 2. The van der Waals surface area contributed by atoms with Crippen LogP contribution in [-0.2, 0) is 11.3 Å². The van der Waals surface area contributed by atoms with Gasteiger partial charge in [-0.15, -0.1) is 11.3 Å². The van der Waals surface area contributed by atoms with Gasteiger partial charge in [-0.1, -0.05) is 56.3 Å². The molecule has 4 aromatic rings. The molecule has 0 N–H and O–H groups in total. The van der Waals surface area contributed by atoms with E-state index in [9.17, 15) is 14.4 Å². The van der Waals surface area contributed by atoms with Gasteiger partial charge in [0.25, 0.3) is 5.56 Å². The number of benzene rings is 2. The van der Waals surface area contributed by atoms with Crippen molar-refractivity contribution >= 4 is 33.3 Å². The summed E-state index contributed by atoms with van der Waals surface area (Å²) in [6.45, 7) is 6.02. The molecule has 0 radical (unpaired) electrons. The highest BCUT2D eigenvalue weighted by atomic mass is 32.1. The second-order valence-electron chi connectivity index (χ2n) is 8.41. The summed E-state index contributed by atoms with van der Waals surface area (Å²) in [4.78, 5) is 43.6. The highest BCUT2D eigenvalue weighted by Crippen LogP contribution is 2.27. The van der Waals surface area contributed by atoms with Gasteiger partial charge in [0.15, 0.2) is 5.78 Å². The number of hydrogen-bond donors (Lipinski definition) is 0. The number of carbonyl (C=O) groups excluding carboxylic acids is 2. The monoisotopic (exact) mass is 490 g/mol. The van der Waals surface area contributed by atoms with Crippen LogP contribution in [-0.4, -0.2) is 34.5 Å². The van der Waals surface area contributed by atoms with Crippen LogP contribution in [0, 0.1) is 6.92 Å². The molecule has 0 amide bonds. The van der Waals surface area contributed by atoms with Crippen molar-refractivity contribution in [3.05, 3.63) is 92.8 Å². The molecule has 180 valence electrons.